The number of rotatable bonds is 1. The summed E-state index contributed by atoms with van der Waals surface area (Å²) in [6.07, 6.45) is 0.816. The minimum Gasteiger partial charge on any atom is -0.351 e. The van der Waals surface area contributed by atoms with E-state index < -0.39 is 40.9 Å². The van der Waals surface area contributed by atoms with Crippen LogP contribution in [0.4, 0.5) is 43.9 Å². The number of allylic oxidation sites excluding steroid dienone is 2. The van der Waals surface area contributed by atoms with Crippen LogP contribution in [0.3, 0.4) is 0 Å². The quantitative estimate of drug-likeness (QED) is 0.376. The molecule has 0 saturated heterocycles. The van der Waals surface area contributed by atoms with Crippen LogP contribution < -0.4 is 0 Å². The van der Waals surface area contributed by atoms with Gasteiger partial charge in [0, 0.05) is 26.3 Å². The maximum atomic E-state index is 13.7. The molecule has 24 heavy (non-hydrogen) atoms. The predicted octanol–water partition coefficient (Wildman–Crippen LogP) is 4.46. The van der Waals surface area contributed by atoms with Crippen LogP contribution >= 0.6 is 0 Å². The monoisotopic (exact) mass is 545 g/mol. The summed E-state index contributed by atoms with van der Waals surface area (Å²) < 4.78 is 133. The van der Waals surface area contributed by atoms with E-state index in [0.717, 1.165) is 12.1 Å². The molecule has 0 aromatic carbocycles. The Morgan fingerprint density at radius 3 is 1.75 bits per heavy atom. The van der Waals surface area contributed by atoms with Crippen LogP contribution in [0.1, 0.15) is 5.69 Å². The summed E-state index contributed by atoms with van der Waals surface area (Å²) in [5.74, 6) is -32.8. The second kappa shape index (κ2) is 5.69. The van der Waals surface area contributed by atoms with Gasteiger partial charge in [-0.25, -0.2) is 8.78 Å². The van der Waals surface area contributed by atoms with E-state index in [0.29, 0.717) is 12.3 Å². The van der Waals surface area contributed by atoms with Gasteiger partial charge in [-0.15, -0.1) is 11.6 Å². The molecule has 1 aromatic rings. The Hall–Kier alpha value is -1.16. The fourth-order valence-corrected chi connectivity index (χ4v) is 1.80. The molecule has 1 aromatic heterocycles. The van der Waals surface area contributed by atoms with Crippen molar-refractivity contribution in [3.63, 3.8) is 0 Å². The summed E-state index contributed by atoms with van der Waals surface area (Å²) >= 11 is 0. The van der Waals surface area contributed by atoms with Gasteiger partial charge in [-0.1, -0.05) is 11.8 Å². The van der Waals surface area contributed by atoms with Gasteiger partial charge in [-0.3, -0.25) is 0 Å². The van der Waals surface area contributed by atoms with Gasteiger partial charge in [-0.05, 0) is 6.07 Å². The summed E-state index contributed by atoms with van der Waals surface area (Å²) in [5.41, 5.74) is -3.85. The molecule has 0 atom stereocenters. The molecular formula is C12H4F10IrN-. The largest absolute Gasteiger partial charge is 0.383 e. The molecule has 0 fully saturated rings. The first-order chi connectivity index (χ1) is 10.2. The van der Waals surface area contributed by atoms with E-state index in [1.54, 1.807) is 0 Å². The third-order valence-corrected chi connectivity index (χ3v) is 3.09. The molecule has 1 aliphatic rings. The fraction of sp³-hybridized carbons (Fsp3) is 0.417. The van der Waals surface area contributed by atoms with Crippen molar-refractivity contribution in [2.75, 3.05) is 0 Å². The molecule has 0 aliphatic heterocycles. The Morgan fingerprint density at radius 1 is 0.750 bits per heavy atom. The summed E-state index contributed by atoms with van der Waals surface area (Å²) in [6, 6.07) is 2.44. The number of halogens is 10. The topological polar surface area (TPSA) is 12.9 Å². The Kier molecular flexibility index (Phi) is 4.95. The van der Waals surface area contributed by atoms with Gasteiger partial charge in [-0.2, -0.15) is 41.2 Å². The number of nitrogens with zero attached hydrogens (tertiary/aromatic N) is 1. The zero-order valence-electron chi connectivity index (χ0n) is 10.9. The van der Waals surface area contributed by atoms with Gasteiger partial charge < -0.3 is 4.98 Å². The Labute approximate surface area is 141 Å². The molecule has 0 amide bonds. The first kappa shape index (κ1) is 20.9. The first-order valence-corrected chi connectivity index (χ1v) is 5.66. The smallest absolute Gasteiger partial charge is 0.351 e. The molecular weight excluding hydrogens is 540 g/mol. The van der Waals surface area contributed by atoms with Gasteiger partial charge in [0.2, 0.25) is 0 Å². The van der Waals surface area contributed by atoms with Crippen LogP contribution in [0.2, 0.25) is 0 Å². The van der Waals surface area contributed by atoms with Crippen LogP contribution in [0.5, 0.6) is 0 Å². The predicted molar refractivity (Wildman–Crippen MR) is 55.6 cm³/mol. The first-order valence-electron chi connectivity index (χ1n) is 5.66. The third-order valence-electron chi connectivity index (χ3n) is 3.09. The van der Waals surface area contributed by atoms with Crippen molar-refractivity contribution in [2.24, 2.45) is 0 Å². The van der Waals surface area contributed by atoms with Crippen LogP contribution in [-0.4, -0.2) is 34.6 Å². The SMILES string of the molecule is FC1(F)[C-]=C(c2ccccn2)C(F)(F)C(F)(F)C(F)(F)C1(F)F.[Ir]. The van der Waals surface area contributed by atoms with E-state index in [1.807, 2.05) is 0 Å². The zero-order chi connectivity index (χ0) is 17.9. The van der Waals surface area contributed by atoms with E-state index >= 15 is 0 Å². The summed E-state index contributed by atoms with van der Waals surface area (Å²) in [6.45, 7) is 0. The van der Waals surface area contributed by atoms with Gasteiger partial charge in [0.25, 0.3) is 5.92 Å². The van der Waals surface area contributed by atoms with Gasteiger partial charge in [0.1, 0.15) is 0 Å². The molecule has 0 N–H and O–H groups in total. The van der Waals surface area contributed by atoms with E-state index in [4.69, 9.17) is 0 Å². The molecule has 137 valence electrons. The molecule has 12 heteroatoms. The van der Waals surface area contributed by atoms with E-state index in [9.17, 15) is 43.9 Å². The number of pyridine rings is 1. The molecule has 1 heterocycles. The summed E-state index contributed by atoms with van der Waals surface area (Å²) in [7, 11) is 0. The maximum absolute atomic E-state index is 13.7. The second-order valence-electron chi connectivity index (χ2n) is 4.59. The van der Waals surface area contributed by atoms with Crippen molar-refractivity contribution in [2.45, 2.75) is 29.6 Å². The number of alkyl halides is 10. The van der Waals surface area contributed by atoms with Gasteiger partial charge in [0.05, 0.1) is 0 Å². The third kappa shape index (κ3) is 2.45. The van der Waals surface area contributed by atoms with E-state index in [2.05, 4.69) is 4.98 Å². The summed E-state index contributed by atoms with van der Waals surface area (Å²) in [5, 5.41) is 0. The van der Waals surface area contributed by atoms with Crippen molar-refractivity contribution in [3.05, 3.63) is 36.2 Å². The Balaban J connectivity index is 0.00000288. The molecule has 1 aliphatic carbocycles. The number of hydrogen-bond acceptors (Lipinski definition) is 1. The van der Waals surface area contributed by atoms with Crippen molar-refractivity contribution < 1.29 is 64.0 Å². The van der Waals surface area contributed by atoms with Crippen molar-refractivity contribution in [1.29, 1.82) is 0 Å². The van der Waals surface area contributed by atoms with Crippen molar-refractivity contribution in [1.82, 2.24) is 4.98 Å². The molecule has 1 nitrogen and oxygen atoms in total. The van der Waals surface area contributed by atoms with Crippen LogP contribution in [0.15, 0.2) is 24.4 Å². The fourth-order valence-electron chi connectivity index (χ4n) is 1.80. The van der Waals surface area contributed by atoms with Crippen molar-refractivity contribution >= 4 is 5.57 Å². The number of aromatic nitrogens is 1. The Bertz CT molecular complexity index is 640. The normalized spacial score (nSPS) is 25.8. The van der Waals surface area contributed by atoms with Gasteiger partial charge >= 0.3 is 23.7 Å². The molecule has 1 radical (unpaired) electrons. The second-order valence-corrected chi connectivity index (χ2v) is 4.59. The zero-order valence-corrected chi connectivity index (χ0v) is 13.3. The average Bonchev–Trinajstić information content (AvgIpc) is 2.45. The molecule has 0 bridgehead atoms. The number of hydrogen-bond donors (Lipinski definition) is 0. The minimum absolute atomic E-state index is 0. The van der Waals surface area contributed by atoms with E-state index in [-0.39, 0.29) is 26.2 Å². The Morgan fingerprint density at radius 2 is 1.29 bits per heavy atom. The molecule has 2 rings (SSSR count). The van der Waals surface area contributed by atoms with E-state index in [1.165, 1.54) is 0 Å². The van der Waals surface area contributed by atoms with Crippen LogP contribution in [0, 0.1) is 6.08 Å². The molecule has 0 unspecified atom stereocenters. The summed E-state index contributed by atoms with van der Waals surface area (Å²) in [4.78, 5) is 3.03. The van der Waals surface area contributed by atoms with Gasteiger partial charge in [0.15, 0.2) is 0 Å². The van der Waals surface area contributed by atoms with Crippen LogP contribution in [-0.2, 0) is 20.1 Å². The molecule has 0 spiro atoms. The minimum atomic E-state index is -7.05. The average molecular weight is 544 g/mol. The van der Waals surface area contributed by atoms with Crippen LogP contribution in [0.25, 0.3) is 5.57 Å². The standard InChI is InChI=1S/C12H4F10N.Ir/c13-8(14)5-6(7-3-1-2-4-23-7)9(15,16)11(19,20)12(21,22)10(8,17)18;/h1-4H;/q-1;. The van der Waals surface area contributed by atoms with Crippen molar-refractivity contribution in [3.8, 4) is 0 Å². The molecule has 0 saturated carbocycles. The maximum Gasteiger partial charge on any atom is 0.383 e.